The van der Waals surface area contributed by atoms with E-state index in [1.54, 1.807) is 0 Å². The fourth-order valence-electron chi connectivity index (χ4n) is 6.31. The third-order valence-corrected chi connectivity index (χ3v) is 7.40. The van der Waals surface area contributed by atoms with Crippen molar-refractivity contribution in [3.8, 4) is 0 Å². The van der Waals surface area contributed by atoms with Crippen molar-refractivity contribution >= 4 is 5.97 Å². The Morgan fingerprint density at radius 2 is 1.85 bits per heavy atom. The number of hydrogen-bond acceptors (Lipinski definition) is 2. The van der Waals surface area contributed by atoms with Crippen molar-refractivity contribution in [2.75, 3.05) is 0 Å². The Labute approximate surface area is 123 Å². The van der Waals surface area contributed by atoms with Gasteiger partial charge in [-0.25, -0.2) is 0 Å². The summed E-state index contributed by atoms with van der Waals surface area (Å²) in [5, 5.41) is 0. The summed E-state index contributed by atoms with van der Waals surface area (Å²) in [4.78, 5) is 11.9. The van der Waals surface area contributed by atoms with Gasteiger partial charge in [0.05, 0.1) is 0 Å². The first kappa shape index (κ1) is 14.4. The van der Waals surface area contributed by atoms with Gasteiger partial charge >= 0.3 is 5.97 Å². The van der Waals surface area contributed by atoms with Crippen molar-refractivity contribution in [1.29, 1.82) is 0 Å². The van der Waals surface area contributed by atoms with Crippen LogP contribution in [0.15, 0.2) is 0 Å². The number of hydrogen-bond donors (Lipinski definition) is 0. The van der Waals surface area contributed by atoms with Crippen LogP contribution in [0.5, 0.6) is 0 Å². The lowest BCUT2D eigenvalue weighted by atomic mass is 9.64. The van der Waals surface area contributed by atoms with E-state index in [4.69, 9.17) is 4.74 Å². The standard InChI is InChI=1S/C18H30O2/c1-6-15(19)20-17(5)9-10-18-11-14(17)16(3,4)13(18)8-7-12(18)2/h12-14H,6-11H2,1-5H3/t12-,13+,14-,17-,18+/m1/s1. The van der Waals surface area contributed by atoms with Gasteiger partial charge in [0, 0.05) is 12.3 Å². The van der Waals surface area contributed by atoms with Crippen LogP contribution in [0.2, 0.25) is 0 Å². The van der Waals surface area contributed by atoms with Gasteiger partial charge in [0.15, 0.2) is 0 Å². The minimum absolute atomic E-state index is 0.0237. The van der Waals surface area contributed by atoms with Gasteiger partial charge in [0.2, 0.25) is 0 Å². The van der Waals surface area contributed by atoms with Crippen LogP contribution >= 0.6 is 0 Å². The second-order valence-electron chi connectivity index (χ2n) is 8.48. The maximum absolute atomic E-state index is 11.9. The van der Waals surface area contributed by atoms with Crippen LogP contribution in [0.4, 0.5) is 0 Å². The normalized spacial score (nSPS) is 49.0. The molecule has 0 N–H and O–H groups in total. The van der Waals surface area contributed by atoms with Gasteiger partial charge in [0.1, 0.15) is 5.60 Å². The van der Waals surface area contributed by atoms with E-state index in [9.17, 15) is 4.79 Å². The van der Waals surface area contributed by atoms with E-state index in [0.717, 1.165) is 18.3 Å². The third kappa shape index (κ3) is 1.66. The van der Waals surface area contributed by atoms with E-state index in [1.807, 2.05) is 6.92 Å². The zero-order valence-corrected chi connectivity index (χ0v) is 13.8. The molecule has 0 heterocycles. The molecular formula is C18H30O2. The summed E-state index contributed by atoms with van der Waals surface area (Å²) in [5.41, 5.74) is 0.627. The topological polar surface area (TPSA) is 26.3 Å². The van der Waals surface area contributed by atoms with Crippen LogP contribution in [0.1, 0.15) is 73.1 Å². The number of fused-ring (bicyclic) bond motifs is 1. The molecule has 0 aromatic rings. The van der Waals surface area contributed by atoms with Gasteiger partial charge in [-0.2, -0.15) is 0 Å². The highest BCUT2D eigenvalue weighted by Gasteiger charge is 2.68. The molecule has 20 heavy (non-hydrogen) atoms. The average Bonchev–Trinajstić information content (AvgIpc) is 2.80. The molecule has 2 heteroatoms. The molecule has 0 aliphatic heterocycles. The SMILES string of the molecule is CCC(=O)O[C@]1(C)CC[C@@]23C[C@@H]1C(C)(C)[C@@H]2CC[C@H]3C. The maximum Gasteiger partial charge on any atom is 0.306 e. The van der Waals surface area contributed by atoms with Crippen molar-refractivity contribution in [3.63, 3.8) is 0 Å². The highest BCUT2D eigenvalue weighted by Crippen LogP contribution is 2.73. The van der Waals surface area contributed by atoms with E-state index in [0.29, 0.717) is 23.2 Å². The number of carbonyl (C=O) groups excluding carboxylic acids is 1. The Bertz CT molecular complexity index is 427. The van der Waals surface area contributed by atoms with Crippen LogP contribution in [0, 0.1) is 28.6 Å². The molecule has 0 aromatic carbocycles. The fourth-order valence-corrected chi connectivity index (χ4v) is 6.31. The quantitative estimate of drug-likeness (QED) is 0.692. The molecule has 2 bridgehead atoms. The molecular weight excluding hydrogens is 248 g/mol. The molecule has 0 aromatic heterocycles. The summed E-state index contributed by atoms with van der Waals surface area (Å²) in [6, 6.07) is 0. The summed E-state index contributed by atoms with van der Waals surface area (Å²) in [5.74, 6) is 2.19. The second kappa shape index (κ2) is 4.24. The number of rotatable bonds is 2. The van der Waals surface area contributed by atoms with E-state index < -0.39 is 0 Å². The molecule has 5 atom stereocenters. The van der Waals surface area contributed by atoms with Crippen molar-refractivity contribution < 1.29 is 9.53 Å². The molecule has 0 amide bonds. The predicted molar refractivity (Wildman–Crippen MR) is 80.2 cm³/mol. The highest BCUT2D eigenvalue weighted by atomic mass is 16.6. The number of carbonyl (C=O) groups is 1. The first-order valence-electron chi connectivity index (χ1n) is 8.48. The molecule has 114 valence electrons. The van der Waals surface area contributed by atoms with E-state index in [-0.39, 0.29) is 11.6 Å². The van der Waals surface area contributed by atoms with Crippen molar-refractivity contribution in [2.24, 2.45) is 28.6 Å². The minimum Gasteiger partial charge on any atom is -0.459 e. The molecule has 2 nitrogen and oxygen atoms in total. The first-order valence-corrected chi connectivity index (χ1v) is 8.48. The van der Waals surface area contributed by atoms with Crippen LogP contribution in [-0.2, 0) is 9.53 Å². The Morgan fingerprint density at radius 1 is 1.15 bits per heavy atom. The van der Waals surface area contributed by atoms with Gasteiger partial charge in [-0.1, -0.05) is 27.7 Å². The average molecular weight is 278 g/mol. The fraction of sp³-hybridized carbons (Fsp3) is 0.944. The lowest BCUT2D eigenvalue weighted by molar-refractivity contribution is -0.173. The van der Waals surface area contributed by atoms with Crippen molar-refractivity contribution in [1.82, 2.24) is 0 Å². The van der Waals surface area contributed by atoms with Crippen LogP contribution < -0.4 is 0 Å². The molecule has 0 radical (unpaired) electrons. The smallest absolute Gasteiger partial charge is 0.306 e. The number of esters is 1. The van der Waals surface area contributed by atoms with Gasteiger partial charge in [0.25, 0.3) is 0 Å². The van der Waals surface area contributed by atoms with Gasteiger partial charge in [-0.05, 0) is 61.7 Å². The van der Waals surface area contributed by atoms with E-state index >= 15 is 0 Å². The summed E-state index contributed by atoms with van der Waals surface area (Å²) in [6.45, 7) is 11.4. The summed E-state index contributed by atoms with van der Waals surface area (Å²) >= 11 is 0. The summed E-state index contributed by atoms with van der Waals surface area (Å²) < 4.78 is 5.95. The Kier molecular flexibility index (Phi) is 3.05. The Balaban J connectivity index is 1.94. The predicted octanol–water partition coefficient (Wildman–Crippen LogP) is 4.57. The maximum atomic E-state index is 11.9. The van der Waals surface area contributed by atoms with Crippen LogP contribution in [-0.4, -0.2) is 11.6 Å². The van der Waals surface area contributed by atoms with Crippen molar-refractivity contribution in [2.45, 2.75) is 78.7 Å². The molecule has 3 aliphatic rings. The molecule has 0 unspecified atom stereocenters. The largest absolute Gasteiger partial charge is 0.459 e. The minimum atomic E-state index is -0.230. The molecule has 3 rings (SSSR count). The Morgan fingerprint density at radius 3 is 2.50 bits per heavy atom. The summed E-state index contributed by atoms with van der Waals surface area (Å²) in [7, 11) is 0. The van der Waals surface area contributed by atoms with Crippen LogP contribution in [0.25, 0.3) is 0 Å². The van der Waals surface area contributed by atoms with Gasteiger partial charge in [-0.15, -0.1) is 0 Å². The second-order valence-corrected chi connectivity index (χ2v) is 8.48. The lowest BCUT2D eigenvalue weighted by Gasteiger charge is -2.46. The zero-order chi connectivity index (χ0) is 14.8. The molecule has 0 saturated heterocycles. The number of ether oxygens (including phenoxy) is 1. The molecule has 1 spiro atoms. The highest BCUT2D eigenvalue weighted by molar-refractivity contribution is 5.69. The summed E-state index contributed by atoms with van der Waals surface area (Å²) in [6.07, 6.45) is 6.86. The van der Waals surface area contributed by atoms with E-state index in [1.165, 1.54) is 25.7 Å². The lowest BCUT2D eigenvalue weighted by Crippen LogP contribution is -2.47. The van der Waals surface area contributed by atoms with E-state index in [2.05, 4.69) is 27.7 Å². The van der Waals surface area contributed by atoms with Gasteiger partial charge in [-0.3, -0.25) is 4.79 Å². The molecule has 3 fully saturated rings. The van der Waals surface area contributed by atoms with Crippen molar-refractivity contribution in [3.05, 3.63) is 0 Å². The van der Waals surface area contributed by atoms with Crippen LogP contribution in [0.3, 0.4) is 0 Å². The monoisotopic (exact) mass is 278 g/mol. The third-order valence-electron chi connectivity index (χ3n) is 7.40. The zero-order valence-electron chi connectivity index (χ0n) is 13.8. The van der Waals surface area contributed by atoms with Gasteiger partial charge < -0.3 is 4.74 Å². The Hall–Kier alpha value is -0.530. The molecule has 3 aliphatic carbocycles. The molecule has 3 saturated carbocycles. The first-order chi connectivity index (χ1) is 9.26.